The Labute approximate surface area is 124 Å². The van der Waals surface area contributed by atoms with E-state index in [4.69, 9.17) is 0 Å². The van der Waals surface area contributed by atoms with Gasteiger partial charge in [-0.15, -0.1) is 0 Å². The molecule has 2 aromatic rings. The van der Waals surface area contributed by atoms with Crippen molar-refractivity contribution in [2.24, 2.45) is 0 Å². The van der Waals surface area contributed by atoms with Crippen LogP contribution in [-0.2, 0) is 6.54 Å². The molecule has 0 aliphatic carbocycles. The highest BCUT2D eigenvalue weighted by molar-refractivity contribution is 9.10. The molecule has 0 aliphatic heterocycles. The highest BCUT2D eigenvalue weighted by Gasteiger charge is 2.04. The second-order valence-corrected chi connectivity index (χ2v) is 6.05. The van der Waals surface area contributed by atoms with Crippen LogP contribution in [-0.4, -0.2) is 0 Å². The van der Waals surface area contributed by atoms with E-state index >= 15 is 0 Å². The van der Waals surface area contributed by atoms with Gasteiger partial charge in [0.05, 0.1) is 0 Å². The zero-order valence-corrected chi connectivity index (χ0v) is 13.6. The van der Waals surface area contributed by atoms with Gasteiger partial charge in [-0.2, -0.15) is 0 Å². The number of hydrogen-bond acceptors (Lipinski definition) is 1. The third kappa shape index (κ3) is 3.38. The molecule has 0 aromatic heterocycles. The van der Waals surface area contributed by atoms with Gasteiger partial charge in [-0.05, 0) is 68.1 Å². The molecule has 2 heteroatoms. The topological polar surface area (TPSA) is 12.0 Å². The van der Waals surface area contributed by atoms with Crippen molar-refractivity contribution in [2.45, 2.75) is 34.2 Å². The second-order valence-electron chi connectivity index (χ2n) is 5.19. The van der Waals surface area contributed by atoms with E-state index in [1.54, 1.807) is 0 Å². The number of halogens is 1. The summed E-state index contributed by atoms with van der Waals surface area (Å²) in [6.45, 7) is 9.50. The molecule has 2 aromatic carbocycles. The Morgan fingerprint density at radius 1 is 0.895 bits per heavy atom. The van der Waals surface area contributed by atoms with Gasteiger partial charge in [0.1, 0.15) is 0 Å². The van der Waals surface area contributed by atoms with Crippen LogP contribution in [0, 0.1) is 27.7 Å². The van der Waals surface area contributed by atoms with Gasteiger partial charge < -0.3 is 5.32 Å². The van der Waals surface area contributed by atoms with Crippen molar-refractivity contribution in [1.82, 2.24) is 0 Å². The minimum absolute atomic E-state index is 0.874. The van der Waals surface area contributed by atoms with Crippen molar-refractivity contribution in [2.75, 3.05) is 5.32 Å². The predicted molar refractivity (Wildman–Crippen MR) is 86.9 cm³/mol. The molecule has 2 rings (SSSR count). The van der Waals surface area contributed by atoms with Crippen LogP contribution in [0.2, 0.25) is 0 Å². The van der Waals surface area contributed by atoms with Crippen molar-refractivity contribution >= 4 is 21.6 Å². The Kier molecular flexibility index (Phi) is 4.31. The molecule has 1 nitrogen and oxygen atoms in total. The highest BCUT2D eigenvalue weighted by atomic mass is 79.9. The monoisotopic (exact) mass is 317 g/mol. The second kappa shape index (κ2) is 5.79. The first kappa shape index (κ1) is 14.1. The van der Waals surface area contributed by atoms with Crippen LogP contribution in [0.1, 0.15) is 27.8 Å². The minimum Gasteiger partial charge on any atom is -0.381 e. The van der Waals surface area contributed by atoms with Gasteiger partial charge in [-0.1, -0.05) is 33.6 Å². The Hall–Kier alpha value is -1.28. The number of anilines is 1. The summed E-state index contributed by atoms with van der Waals surface area (Å²) in [5.41, 5.74) is 7.87. The number of benzene rings is 2. The Bertz CT molecular complexity index is 579. The molecular formula is C17H20BrN. The van der Waals surface area contributed by atoms with Gasteiger partial charge in [0.25, 0.3) is 0 Å². The molecule has 0 radical (unpaired) electrons. The molecule has 0 fully saturated rings. The van der Waals surface area contributed by atoms with E-state index in [-0.39, 0.29) is 0 Å². The zero-order valence-electron chi connectivity index (χ0n) is 12.0. The lowest BCUT2D eigenvalue weighted by molar-refractivity contribution is 1.08. The van der Waals surface area contributed by atoms with E-state index in [1.807, 2.05) is 0 Å². The minimum atomic E-state index is 0.874. The Morgan fingerprint density at radius 2 is 1.53 bits per heavy atom. The van der Waals surface area contributed by atoms with Crippen molar-refractivity contribution in [3.63, 3.8) is 0 Å². The molecule has 100 valence electrons. The van der Waals surface area contributed by atoms with Crippen molar-refractivity contribution in [3.8, 4) is 0 Å². The number of nitrogens with one attached hydrogen (secondary N) is 1. The van der Waals surface area contributed by atoms with Crippen LogP contribution in [0.5, 0.6) is 0 Å². The number of rotatable bonds is 3. The fraction of sp³-hybridized carbons (Fsp3) is 0.294. The molecule has 0 bridgehead atoms. The molecular weight excluding hydrogens is 298 g/mol. The summed E-state index contributed by atoms with van der Waals surface area (Å²) in [4.78, 5) is 0. The smallest absolute Gasteiger partial charge is 0.0406 e. The highest BCUT2D eigenvalue weighted by Crippen LogP contribution is 2.22. The van der Waals surface area contributed by atoms with Crippen LogP contribution in [0.4, 0.5) is 5.69 Å². The largest absolute Gasteiger partial charge is 0.381 e. The molecule has 0 saturated carbocycles. The first-order valence-electron chi connectivity index (χ1n) is 6.54. The summed E-state index contributed by atoms with van der Waals surface area (Å²) >= 11 is 3.53. The summed E-state index contributed by atoms with van der Waals surface area (Å²) in [5.74, 6) is 0. The summed E-state index contributed by atoms with van der Waals surface area (Å²) in [6, 6.07) is 10.9. The molecule has 1 N–H and O–H groups in total. The molecule has 0 aliphatic rings. The molecule has 0 amide bonds. The molecule has 0 saturated heterocycles. The number of hydrogen-bond donors (Lipinski definition) is 1. The third-order valence-corrected chi connectivity index (χ3v) is 4.36. The van der Waals surface area contributed by atoms with E-state index < -0.39 is 0 Å². The van der Waals surface area contributed by atoms with E-state index in [9.17, 15) is 0 Å². The van der Waals surface area contributed by atoms with Gasteiger partial charge >= 0.3 is 0 Å². The maximum Gasteiger partial charge on any atom is 0.0406 e. The molecule has 19 heavy (non-hydrogen) atoms. The maximum atomic E-state index is 3.53. The summed E-state index contributed by atoms with van der Waals surface area (Å²) in [7, 11) is 0. The first-order valence-corrected chi connectivity index (χ1v) is 7.33. The summed E-state index contributed by atoms with van der Waals surface area (Å²) < 4.78 is 1.15. The Morgan fingerprint density at radius 3 is 2.11 bits per heavy atom. The maximum absolute atomic E-state index is 3.53. The van der Waals surface area contributed by atoms with Crippen LogP contribution >= 0.6 is 15.9 Å². The normalized spacial score (nSPS) is 10.6. The molecule has 0 heterocycles. The van der Waals surface area contributed by atoms with Crippen molar-refractivity contribution < 1.29 is 0 Å². The first-order chi connectivity index (χ1) is 8.97. The Balaban J connectivity index is 2.16. The quantitative estimate of drug-likeness (QED) is 0.810. The van der Waals surface area contributed by atoms with Crippen LogP contribution in [0.25, 0.3) is 0 Å². The lowest BCUT2D eigenvalue weighted by atomic mass is 10.00. The van der Waals surface area contributed by atoms with Gasteiger partial charge in [-0.3, -0.25) is 0 Å². The molecule has 0 spiro atoms. The number of aryl methyl sites for hydroxylation is 4. The molecule has 0 atom stereocenters. The van der Waals surface area contributed by atoms with Gasteiger partial charge in [0, 0.05) is 16.7 Å². The summed E-state index contributed by atoms with van der Waals surface area (Å²) in [5, 5.41) is 3.51. The fourth-order valence-electron chi connectivity index (χ4n) is 2.43. The van der Waals surface area contributed by atoms with Gasteiger partial charge in [-0.25, -0.2) is 0 Å². The third-order valence-electron chi connectivity index (χ3n) is 3.47. The van der Waals surface area contributed by atoms with E-state index in [2.05, 4.69) is 79.3 Å². The van der Waals surface area contributed by atoms with Gasteiger partial charge in [0.15, 0.2) is 0 Å². The predicted octanol–water partition coefficient (Wildman–Crippen LogP) is 5.29. The van der Waals surface area contributed by atoms with Crippen LogP contribution in [0.15, 0.2) is 34.8 Å². The van der Waals surface area contributed by atoms with E-state index in [0.717, 1.165) is 11.0 Å². The lowest BCUT2D eigenvalue weighted by Crippen LogP contribution is -2.04. The average molecular weight is 318 g/mol. The zero-order chi connectivity index (χ0) is 14.0. The summed E-state index contributed by atoms with van der Waals surface area (Å²) in [6.07, 6.45) is 0. The standard InChI is InChI=1S/C17H20BrN/c1-11-7-12(2)16(13(3)8-11)10-19-15-5-6-17(18)14(4)9-15/h5-9,19H,10H2,1-4H3. The lowest BCUT2D eigenvalue weighted by Gasteiger charge is -2.14. The van der Waals surface area contributed by atoms with E-state index in [0.29, 0.717) is 0 Å². The van der Waals surface area contributed by atoms with E-state index in [1.165, 1.54) is 33.5 Å². The van der Waals surface area contributed by atoms with Crippen LogP contribution in [0.3, 0.4) is 0 Å². The van der Waals surface area contributed by atoms with Crippen LogP contribution < -0.4 is 5.32 Å². The average Bonchev–Trinajstić information content (AvgIpc) is 2.32. The van der Waals surface area contributed by atoms with Gasteiger partial charge in [0.2, 0.25) is 0 Å². The fourth-order valence-corrected chi connectivity index (χ4v) is 2.68. The van der Waals surface area contributed by atoms with Crippen molar-refractivity contribution in [3.05, 3.63) is 62.6 Å². The molecule has 0 unspecified atom stereocenters. The van der Waals surface area contributed by atoms with Crippen molar-refractivity contribution in [1.29, 1.82) is 0 Å². The SMILES string of the molecule is Cc1cc(C)c(CNc2ccc(Br)c(C)c2)c(C)c1.